The number of rotatable bonds is 2. The fraction of sp³-hybridized carbons (Fsp3) is 0.300. The standard InChI is InChI=1S/C10H13NO4/c1-10(2,14)7-5-3-4-6(8(7)12)9(13)15-11/h3-5,12,14H,11H2,1-2H3. The summed E-state index contributed by atoms with van der Waals surface area (Å²) < 4.78 is 0. The molecular formula is C10H13NO4. The molecule has 0 aliphatic heterocycles. The maximum atomic E-state index is 11.1. The van der Waals surface area contributed by atoms with Crippen LogP contribution in [0.1, 0.15) is 29.8 Å². The largest absolute Gasteiger partial charge is 0.507 e. The third-order valence-electron chi connectivity index (χ3n) is 2.02. The number of hydrogen-bond donors (Lipinski definition) is 3. The van der Waals surface area contributed by atoms with Gasteiger partial charge in [-0.3, -0.25) is 0 Å². The van der Waals surface area contributed by atoms with Crippen LogP contribution in [0.5, 0.6) is 5.75 Å². The number of aromatic hydroxyl groups is 1. The van der Waals surface area contributed by atoms with Crippen molar-refractivity contribution < 1.29 is 19.8 Å². The van der Waals surface area contributed by atoms with Gasteiger partial charge in [-0.15, -0.1) is 0 Å². The minimum absolute atomic E-state index is 0.0721. The number of phenolic OH excluding ortho intramolecular Hbond substituents is 1. The van der Waals surface area contributed by atoms with Crippen molar-refractivity contribution in [3.8, 4) is 5.75 Å². The van der Waals surface area contributed by atoms with Crippen LogP contribution in [0, 0.1) is 0 Å². The lowest BCUT2D eigenvalue weighted by atomic mass is 9.95. The molecule has 0 saturated heterocycles. The lowest BCUT2D eigenvalue weighted by Crippen LogP contribution is -2.18. The third kappa shape index (κ3) is 2.26. The highest BCUT2D eigenvalue weighted by Gasteiger charge is 2.24. The van der Waals surface area contributed by atoms with E-state index in [0.717, 1.165) is 0 Å². The Bertz CT molecular complexity index is 381. The van der Waals surface area contributed by atoms with Crippen molar-refractivity contribution in [3.05, 3.63) is 29.3 Å². The minimum atomic E-state index is -1.24. The maximum Gasteiger partial charge on any atom is 0.360 e. The first-order valence-corrected chi connectivity index (χ1v) is 4.34. The average molecular weight is 211 g/mol. The normalized spacial score (nSPS) is 11.2. The highest BCUT2D eigenvalue weighted by atomic mass is 16.7. The second kappa shape index (κ2) is 3.88. The number of hydrogen-bond acceptors (Lipinski definition) is 5. The number of carbonyl (C=O) groups excluding carboxylic acids is 1. The number of aliphatic hydroxyl groups is 1. The first kappa shape index (κ1) is 11.5. The molecule has 1 aromatic carbocycles. The fourth-order valence-electron chi connectivity index (χ4n) is 1.27. The topological polar surface area (TPSA) is 92.8 Å². The van der Waals surface area contributed by atoms with Crippen molar-refractivity contribution >= 4 is 5.97 Å². The van der Waals surface area contributed by atoms with Gasteiger partial charge in [-0.05, 0) is 19.9 Å². The molecular weight excluding hydrogens is 198 g/mol. The van der Waals surface area contributed by atoms with Crippen molar-refractivity contribution in [2.45, 2.75) is 19.4 Å². The Morgan fingerprint density at radius 1 is 1.47 bits per heavy atom. The molecule has 0 amide bonds. The number of nitrogens with two attached hydrogens (primary N) is 1. The molecule has 0 unspecified atom stereocenters. The van der Waals surface area contributed by atoms with Crippen LogP contribution in [-0.4, -0.2) is 16.2 Å². The van der Waals surface area contributed by atoms with Gasteiger partial charge < -0.3 is 15.1 Å². The molecule has 0 aromatic heterocycles. The van der Waals surface area contributed by atoms with E-state index in [4.69, 9.17) is 5.90 Å². The van der Waals surface area contributed by atoms with Gasteiger partial charge in [0.2, 0.25) is 0 Å². The summed E-state index contributed by atoms with van der Waals surface area (Å²) in [5.41, 5.74) is -1.07. The van der Waals surface area contributed by atoms with Gasteiger partial charge in [0.05, 0.1) is 5.60 Å². The number of carbonyl (C=O) groups is 1. The molecule has 5 nitrogen and oxygen atoms in total. The first-order valence-electron chi connectivity index (χ1n) is 4.34. The highest BCUT2D eigenvalue weighted by Crippen LogP contribution is 2.31. The van der Waals surface area contributed by atoms with E-state index in [-0.39, 0.29) is 16.9 Å². The molecule has 0 aliphatic carbocycles. The molecule has 1 aromatic rings. The summed E-state index contributed by atoms with van der Waals surface area (Å²) >= 11 is 0. The summed E-state index contributed by atoms with van der Waals surface area (Å²) in [6.07, 6.45) is 0. The molecule has 4 N–H and O–H groups in total. The van der Waals surface area contributed by atoms with Gasteiger partial charge in [0.15, 0.2) is 0 Å². The Kier molecular flexibility index (Phi) is 2.97. The van der Waals surface area contributed by atoms with Crippen LogP contribution in [0.4, 0.5) is 0 Å². The number of para-hydroxylation sites is 1. The second-order valence-corrected chi connectivity index (χ2v) is 3.67. The zero-order chi connectivity index (χ0) is 11.6. The van der Waals surface area contributed by atoms with Gasteiger partial charge in [0.1, 0.15) is 11.3 Å². The smallest absolute Gasteiger partial charge is 0.360 e. The van der Waals surface area contributed by atoms with Crippen molar-refractivity contribution in [2.24, 2.45) is 5.90 Å². The molecule has 1 rings (SSSR count). The van der Waals surface area contributed by atoms with Gasteiger partial charge >= 0.3 is 5.97 Å². The Morgan fingerprint density at radius 3 is 2.53 bits per heavy atom. The summed E-state index contributed by atoms with van der Waals surface area (Å²) in [5, 5.41) is 19.4. The number of phenols is 1. The molecule has 0 bridgehead atoms. The van der Waals surface area contributed by atoms with E-state index in [1.807, 2.05) is 0 Å². The zero-order valence-electron chi connectivity index (χ0n) is 8.52. The molecule has 82 valence electrons. The minimum Gasteiger partial charge on any atom is -0.507 e. The van der Waals surface area contributed by atoms with Crippen molar-refractivity contribution in [3.63, 3.8) is 0 Å². The van der Waals surface area contributed by atoms with Gasteiger partial charge in [-0.2, -0.15) is 5.90 Å². The predicted octanol–water partition coefficient (Wildman–Crippen LogP) is 0.650. The van der Waals surface area contributed by atoms with Crippen LogP contribution in [0.15, 0.2) is 18.2 Å². The van der Waals surface area contributed by atoms with E-state index in [9.17, 15) is 15.0 Å². The molecule has 0 fully saturated rings. The summed E-state index contributed by atoms with van der Waals surface area (Å²) in [5.74, 6) is 3.54. The lowest BCUT2D eigenvalue weighted by Gasteiger charge is -2.19. The van der Waals surface area contributed by atoms with Crippen LogP contribution in [0.2, 0.25) is 0 Å². The van der Waals surface area contributed by atoms with Crippen LogP contribution < -0.4 is 5.90 Å². The molecule has 0 aliphatic rings. The van der Waals surface area contributed by atoms with Crippen LogP contribution in [0.25, 0.3) is 0 Å². The van der Waals surface area contributed by atoms with Gasteiger partial charge in [-0.1, -0.05) is 12.1 Å². The van der Waals surface area contributed by atoms with Gasteiger partial charge in [0, 0.05) is 5.56 Å². The second-order valence-electron chi connectivity index (χ2n) is 3.67. The quantitative estimate of drug-likeness (QED) is 0.624. The van der Waals surface area contributed by atoms with Gasteiger partial charge in [-0.25, -0.2) is 4.79 Å². The Labute approximate surface area is 87.0 Å². The van der Waals surface area contributed by atoms with E-state index >= 15 is 0 Å². The predicted molar refractivity (Wildman–Crippen MR) is 53.0 cm³/mol. The molecule has 0 heterocycles. The van der Waals surface area contributed by atoms with Crippen molar-refractivity contribution in [1.82, 2.24) is 0 Å². The van der Waals surface area contributed by atoms with Crippen LogP contribution in [0.3, 0.4) is 0 Å². The third-order valence-corrected chi connectivity index (χ3v) is 2.02. The highest BCUT2D eigenvalue weighted by molar-refractivity contribution is 5.92. The lowest BCUT2D eigenvalue weighted by molar-refractivity contribution is 0.0496. The van der Waals surface area contributed by atoms with Crippen LogP contribution in [-0.2, 0) is 10.4 Å². The Hall–Kier alpha value is -1.59. The molecule has 0 spiro atoms. The van der Waals surface area contributed by atoms with E-state index in [0.29, 0.717) is 0 Å². The Balaban J connectivity index is 3.30. The molecule has 0 atom stereocenters. The Morgan fingerprint density at radius 2 is 2.07 bits per heavy atom. The first-order chi connectivity index (χ1) is 6.88. The summed E-state index contributed by atoms with van der Waals surface area (Å²) in [7, 11) is 0. The maximum absolute atomic E-state index is 11.1. The fourth-order valence-corrected chi connectivity index (χ4v) is 1.27. The van der Waals surface area contributed by atoms with E-state index in [1.54, 1.807) is 0 Å². The van der Waals surface area contributed by atoms with E-state index in [1.165, 1.54) is 32.0 Å². The average Bonchev–Trinajstić information content (AvgIpc) is 2.15. The molecule has 0 saturated carbocycles. The molecule has 5 heteroatoms. The summed E-state index contributed by atoms with van der Waals surface area (Å²) in [6, 6.07) is 4.40. The summed E-state index contributed by atoms with van der Waals surface area (Å²) in [4.78, 5) is 15.1. The van der Waals surface area contributed by atoms with Crippen LogP contribution >= 0.6 is 0 Å². The molecule has 15 heavy (non-hydrogen) atoms. The monoisotopic (exact) mass is 211 g/mol. The van der Waals surface area contributed by atoms with E-state index in [2.05, 4.69) is 4.84 Å². The summed E-state index contributed by atoms with van der Waals surface area (Å²) in [6.45, 7) is 3.00. The van der Waals surface area contributed by atoms with E-state index < -0.39 is 11.6 Å². The zero-order valence-corrected chi connectivity index (χ0v) is 8.52. The SMILES string of the molecule is CC(C)(O)c1cccc(C(=O)ON)c1O. The number of benzene rings is 1. The van der Waals surface area contributed by atoms with Crippen molar-refractivity contribution in [1.29, 1.82) is 0 Å². The molecule has 0 radical (unpaired) electrons. The van der Waals surface area contributed by atoms with Gasteiger partial charge in [0.25, 0.3) is 0 Å². The van der Waals surface area contributed by atoms with Crippen molar-refractivity contribution in [2.75, 3.05) is 0 Å².